The van der Waals surface area contributed by atoms with Gasteiger partial charge in [-0.25, -0.2) is 4.98 Å². The van der Waals surface area contributed by atoms with Crippen molar-refractivity contribution in [3.05, 3.63) is 23.7 Å². The fraction of sp³-hybridized carbons (Fsp3) is 0.529. The van der Waals surface area contributed by atoms with Crippen LogP contribution in [0.3, 0.4) is 0 Å². The molecule has 0 aliphatic heterocycles. The van der Waals surface area contributed by atoms with Crippen LogP contribution in [0.5, 0.6) is 11.5 Å². The topological polar surface area (TPSA) is 52.8 Å². The number of rotatable bonds is 2. The molecule has 0 radical (unpaired) electrons. The third kappa shape index (κ3) is 2.16. The number of aromatic nitrogens is 2. The lowest BCUT2D eigenvalue weighted by Gasteiger charge is -2.32. The smallest absolute Gasteiger partial charge is 0.204 e. The maximum atomic E-state index is 12.5. The first-order chi connectivity index (χ1) is 10.4. The van der Waals surface area contributed by atoms with Gasteiger partial charge in [-0.05, 0) is 17.8 Å². The van der Waals surface area contributed by atoms with Crippen molar-refractivity contribution in [1.29, 1.82) is 0 Å². The number of carbonyl (C=O) groups excluding carboxylic acids is 1. The van der Waals surface area contributed by atoms with Crippen molar-refractivity contribution in [2.24, 2.45) is 11.3 Å². The largest absolute Gasteiger partial charge is 0.493 e. The third-order valence-corrected chi connectivity index (χ3v) is 4.60. The zero-order chi connectivity index (χ0) is 16.1. The molecule has 0 bridgehead atoms. The first kappa shape index (κ1) is 14.9. The van der Waals surface area contributed by atoms with Gasteiger partial charge in [-0.3, -0.25) is 9.20 Å². The minimum absolute atomic E-state index is 0.0913. The number of Topliss-reactive ketones (excluding diaryl/α,β-unsaturated/α-hetero) is 1. The number of ether oxygens (including phenoxy) is 2. The Bertz CT molecular complexity index is 740. The summed E-state index contributed by atoms with van der Waals surface area (Å²) in [6, 6.07) is 1.85. The minimum atomic E-state index is 0.0913. The molecule has 22 heavy (non-hydrogen) atoms. The lowest BCUT2D eigenvalue weighted by Crippen LogP contribution is -2.30. The van der Waals surface area contributed by atoms with Crippen molar-refractivity contribution >= 4 is 11.4 Å². The maximum absolute atomic E-state index is 12.5. The minimum Gasteiger partial charge on any atom is -0.493 e. The number of carbonyl (C=O) groups is 1. The van der Waals surface area contributed by atoms with E-state index in [1.165, 1.54) is 0 Å². The summed E-state index contributed by atoms with van der Waals surface area (Å²) in [6.45, 7) is 6.55. The van der Waals surface area contributed by atoms with Crippen LogP contribution in [-0.4, -0.2) is 29.4 Å². The van der Waals surface area contributed by atoms with E-state index >= 15 is 0 Å². The van der Waals surface area contributed by atoms with Gasteiger partial charge in [0.15, 0.2) is 17.2 Å². The molecule has 1 aliphatic carbocycles. The van der Waals surface area contributed by atoms with Crippen LogP contribution < -0.4 is 9.47 Å². The van der Waals surface area contributed by atoms with Crippen LogP contribution in [0.4, 0.5) is 0 Å². The van der Waals surface area contributed by atoms with Gasteiger partial charge in [0.2, 0.25) is 5.75 Å². The molecular formula is C17H22N2O3. The second-order valence-corrected chi connectivity index (χ2v) is 6.91. The molecular weight excluding hydrogens is 280 g/mol. The molecule has 0 saturated carbocycles. The summed E-state index contributed by atoms with van der Waals surface area (Å²) in [4.78, 5) is 17.1. The third-order valence-electron chi connectivity index (χ3n) is 4.60. The van der Waals surface area contributed by atoms with E-state index in [0.717, 1.165) is 12.1 Å². The van der Waals surface area contributed by atoms with Crippen LogP contribution in [0.25, 0.3) is 5.65 Å². The Hall–Kier alpha value is -2.04. The maximum Gasteiger partial charge on any atom is 0.204 e. The highest BCUT2D eigenvalue weighted by atomic mass is 16.5. The van der Waals surface area contributed by atoms with Gasteiger partial charge < -0.3 is 9.47 Å². The van der Waals surface area contributed by atoms with E-state index in [1.54, 1.807) is 14.2 Å². The van der Waals surface area contributed by atoms with Crippen molar-refractivity contribution in [3.8, 4) is 11.5 Å². The number of imidazole rings is 1. The number of nitrogens with zero attached hydrogens (tertiary/aromatic N) is 2. The number of ketones is 1. The number of pyridine rings is 1. The van der Waals surface area contributed by atoms with Crippen LogP contribution in [0.15, 0.2) is 12.3 Å². The van der Waals surface area contributed by atoms with E-state index in [2.05, 4.69) is 25.8 Å². The molecule has 2 aromatic rings. The van der Waals surface area contributed by atoms with Gasteiger partial charge in [0.05, 0.1) is 19.9 Å². The van der Waals surface area contributed by atoms with Gasteiger partial charge >= 0.3 is 0 Å². The highest BCUT2D eigenvalue weighted by Crippen LogP contribution is 2.39. The Kier molecular flexibility index (Phi) is 3.38. The van der Waals surface area contributed by atoms with Crippen molar-refractivity contribution in [2.45, 2.75) is 33.6 Å². The van der Waals surface area contributed by atoms with E-state index in [0.29, 0.717) is 35.2 Å². The molecule has 0 aromatic carbocycles. The highest BCUT2D eigenvalue weighted by molar-refractivity contribution is 5.97. The van der Waals surface area contributed by atoms with Gasteiger partial charge in [-0.2, -0.15) is 0 Å². The lowest BCUT2D eigenvalue weighted by molar-refractivity contribution is 0.0887. The van der Waals surface area contributed by atoms with E-state index in [1.807, 2.05) is 16.7 Å². The van der Waals surface area contributed by atoms with Crippen molar-refractivity contribution < 1.29 is 14.3 Å². The van der Waals surface area contributed by atoms with Gasteiger partial charge in [0.1, 0.15) is 5.69 Å². The van der Waals surface area contributed by atoms with E-state index in [9.17, 15) is 4.79 Å². The van der Waals surface area contributed by atoms with E-state index < -0.39 is 0 Å². The predicted molar refractivity (Wildman–Crippen MR) is 83.9 cm³/mol. The van der Waals surface area contributed by atoms with Crippen molar-refractivity contribution in [1.82, 2.24) is 9.38 Å². The number of hydrogen-bond acceptors (Lipinski definition) is 4. The second-order valence-electron chi connectivity index (χ2n) is 6.91. The fourth-order valence-electron chi connectivity index (χ4n) is 3.12. The molecule has 0 amide bonds. The molecule has 0 fully saturated rings. The zero-order valence-electron chi connectivity index (χ0n) is 13.8. The quantitative estimate of drug-likeness (QED) is 0.855. The van der Waals surface area contributed by atoms with Crippen LogP contribution >= 0.6 is 0 Å². The predicted octanol–water partition coefficient (Wildman–Crippen LogP) is 3.14. The lowest BCUT2D eigenvalue weighted by atomic mass is 9.72. The standard InChI is InChI=1S/C17H22N2O3/c1-17(2,3)10-8-11-14(12(20)9-10)18-16-15(22-5)13(21-4)6-7-19(11)16/h6-7,10H,8-9H2,1-5H3. The second kappa shape index (κ2) is 5.00. The molecule has 0 saturated heterocycles. The molecule has 2 aromatic heterocycles. The average molecular weight is 302 g/mol. The fourth-order valence-corrected chi connectivity index (χ4v) is 3.12. The summed E-state index contributed by atoms with van der Waals surface area (Å²) in [5.74, 6) is 1.63. The summed E-state index contributed by atoms with van der Waals surface area (Å²) in [5.41, 5.74) is 2.29. The Morgan fingerprint density at radius 2 is 1.95 bits per heavy atom. The highest BCUT2D eigenvalue weighted by Gasteiger charge is 2.36. The number of methoxy groups -OCH3 is 2. The number of fused-ring (bicyclic) bond motifs is 3. The molecule has 3 rings (SSSR count). The summed E-state index contributed by atoms with van der Waals surface area (Å²) in [7, 11) is 3.18. The molecule has 1 atom stereocenters. The normalized spacial score (nSPS) is 18.4. The molecule has 0 spiro atoms. The summed E-state index contributed by atoms with van der Waals surface area (Å²) < 4.78 is 12.7. The van der Waals surface area contributed by atoms with E-state index in [-0.39, 0.29) is 11.2 Å². The van der Waals surface area contributed by atoms with Gasteiger partial charge in [-0.1, -0.05) is 20.8 Å². The molecule has 5 heteroatoms. The van der Waals surface area contributed by atoms with Crippen molar-refractivity contribution in [2.75, 3.05) is 14.2 Å². The van der Waals surface area contributed by atoms with E-state index in [4.69, 9.17) is 9.47 Å². The average Bonchev–Trinajstić information content (AvgIpc) is 2.84. The molecule has 1 unspecified atom stereocenters. The first-order valence-corrected chi connectivity index (χ1v) is 7.52. The zero-order valence-corrected chi connectivity index (χ0v) is 13.8. The molecule has 2 heterocycles. The first-order valence-electron chi connectivity index (χ1n) is 7.52. The molecule has 5 nitrogen and oxygen atoms in total. The number of hydrogen-bond donors (Lipinski definition) is 0. The van der Waals surface area contributed by atoms with Crippen LogP contribution in [0.1, 0.15) is 43.4 Å². The van der Waals surface area contributed by atoms with Gasteiger partial charge in [0.25, 0.3) is 0 Å². The Morgan fingerprint density at radius 1 is 1.23 bits per heavy atom. The summed E-state index contributed by atoms with van der Waals surface area (Å²) in [5, 5.41) is 0. The van der Waals surface area contributed by atoms with Crippen LogP contribution in [0.2, 0.25) is 0 Å². The monoisotopic (exact) mass is 302 g/mol. The molecule has 0 N–H and O–H groups in total. The molecule has 118 valence electrons. The van der Waals surface area contributed by atoms with Gasteiger partial charge in [-0.15, -0.1) is 0 Å². The van der Waals surface area contributed by atoms with Crippen molar-refractivity contribution in [3.63, 3.8) is 0 Å². The Balaban J connectivity index is 2.20. The van der Waals surface area contributed by atoms with Gasteiger partial charge in [0, 0.05) is 18.7 Å². The van der Waals surface area contributed by atoms with Crippen LogP contribution in [-0.2, 0) is 6.42 Å². The molecule has 1 aliphatic rings. The summed E-state index contributed by atoms with van der Waals surface area (Å²) >= 11 is 0. The SMILES string of the molecule is COc1ccn2c3c(nc2c1OC)C(=O)CC(C(C)(C)C)C3. The Labute approximate surface area is 130 Å². The van der Waals surface area contributed by atoms with Crippen LogP contribution in [0, 0.1) is 11.3 Å². The summed E-state index contributed by atoms with van der Waals surface area (Å²) in [6.07, 6.45) is 3.31. The Morgan fingerprint density at radius 3 is 2.55 bits per heavy atom.